The largest absolute Gasteiger partial charge is 0.371 e. The van der Waals surface area contributed by atoms with Crippen LogP contribution < -0.4 is 10.2 Å². The number of nitrogens with one attached hydrogen (secondary N) is 1. The first-order valence-electron chi connectivity index (χ1n) is 6.99. The molecule has 0 radical (unpaired) electrons. The van der Waals surface area contributed by atoms with Crippen LogP contribution in [0.2, 0.25) is 0 Å². The van der Waals surface area contributed by atoms with E-state index in [0.29, 0.717) is 24.7 Å². The van der Waals surface area contributed by atoms with Crippen molar-refractivity contribution < 1.29 is 13.7 Å². The minimum absolute atomic E-state index is 0.253. The lowest BCUT2D eigenvalue weighted by Gasteiger charge is -2.34. The predicted octanol–water partition coefficient (Wildman–Crippen LogP) is 2.97. The molecule has 1 heterocycles. The summed E-state index contributed by atoms with van der Waals surface area (Å²) in [5.74, 6) is 0.555. The predicted molar refractivity (Wildman–Crippen MR) is 76.9 cm³/mol. The molecule has 7 heteroatoms. The van der Waals surface area contributed by atoms with E-state index < -0.39 is 11.3 Å². The van der Waals surface area contributed by atoms with E-state index in [1.54, 1.807) is 0 Å². The number of anilines is 1. The van der Waals surface area contributed by atoms with Gasteiger partial charge in [0.2, 0.25) is 0 Å². The average Bonchev–Trinajstić information content (AvgIpc) is 2.47. The first-order chi connectivity index (χ1) is 10.0. The van der Waals surface area contributed by atoms with Gasteiger partial charge in [0.15, 0.2) is 0 Å². The van der Waals surface area contributed by atoms with Gasteiger partial charge in [-0.05, 0) is 38.4 Å². The molecule has 0 aliphatic carbocycles. The standard InChI is InChI=1S/C14H19F2N3O2/c1-17-9-10-4-6-18(7-5-10)13-3-2-11(19(20)21)8-12(13)14(15)16/h2-3,8,10,14,17H,4-7,9H2,1H3. The topological polar surface area (TPSA) is 58.4 Å². The summed E-state index contributed by atoms with van der Waals surface area (Å²) in [5, 5.41) is 13.8. The zero-order valence-corrected chi connectivity index (χ0v) is 11.9. The quantitative estimate of drug-likeness (QED) is 0.671. The van der Waals surface area contributed by atoms with Crippen molar-refractivity contribution in [2.24, 2.45) is 5.92 Å². The van der Waals surface area contributed by atoms with E-state index in [9.17, 15) is 18.9 Å². The maximum Gasteiger partial charge on any atom is 0.270 e. The highest BCUT2D eigenvalue weighted by molar-refractivity contribution is 5.58. The lowest BCUT2D eigenvalue weighted by atomic mass is 9.96. The van der Waals surface area contributed by atoms with Crippen molar-refractivity contribution in [2.75, 3.05) is 31.6 Å². The Morgan fingerprint density at radius 2 is 2.10 bits per heavy atom. The molecule has 0 spiro atoms. The van der Waals surface area contributed by atoms with Gasteiger partial charge >= 0.3 is 0 Å². The van der Waals surface area contributed by atoms with Crippen molar-refractivity contribution >= 4 is 11.4 Å². The van der Waals surface area contributed by atoms with Gasteiger partial charge in [-0.2, -0.15) is 0 Å². The summed E-state index contributed by atoms with van der Waals surface area (Å²) >= 11 is 0. The Labute approximate surface area is 122 Å². The summed E-state index contributed by atoms with van der Waals surface area (Å²) in [5.41, 5.74) is -0.131. The first kappa shape index (κ1) is 15.6. The summed E-state index contributed by atoms with van der Waals surface area (Å²) < 4.78 is 26.3. The molecule has 1 aliphatic heterocycles. The Balaban J connectivity index is 2.18. The van der Waals surface area contributed by atoms with Gasteiger partial charge in [0.05, 0.1) is 4.92 Å². The Morgan fingerprint density at radius 1 is 1.43 bits per heavy atom. The number of alkyl halides is 2. The van der Waals surface area contributed by atoms with Crippen molar-refractivity contribution in [3.8, 4) is 0 Å². The lowest BCUT2D eigenvalue weighted by molar-refractivity contribution is -0.385. The van der Waals surface area contributed by atoms with Crippen LogP contribution in [0, 0.1) is 16.0 Å². The second-order valence-electron chi connectivity index (χ2n) is 5.29. The van der Waals surface area contributed by atoms with Crippen LogP contribution in [0.3, 0.4) is 0 Å². The molecule has 1 fully saturated rings. The van der Waals surface area contributed by atoms with E-state index in [-0.39, 0.29) is 11.3 Å². The highest BCUT2D eigenvalue weighted by Crippen LogP contribution is 2.34. The van der Waals surface area contributed by atoms with Crippen molar-refractivity contribution in [3.05, 3.63) is 33.9 Å². The molecule has 1 saturated heterocycles. The van der Waals surface area contributed by atoms with Crippen LogP contribution >= 0.6 is 0 Å². The fraction of sp³-hybridized carbons (Fsp3) is 0.571. The summed E-state index contributed by atoms with van der Waals surface area (Å²) in [6, 6.07) is 3.72. The van der Waals surface area contributed by atoms with Crippen LogP contribution in [0.25, 0.3) is 0 Å². The van der Waals surface area contributed by atoms with Gasteiger partial charge in [0.1, 0.15) is 0 Å². The molecular formula is C14H19F2N3O2. The smallest absolute Gasteiger partial charge is 0.270 e. The molecule has 1 aromatic carbocycles. The van der Waals surface area contributed by atoms with E-state index in [0.717, 1.165) is 25.5 Å². The van der Waals surface area contributed by atoms with Crippen LogP contribution in [0.4, 0.5) is 20.2 Å². The summed E-state index contributed by atoms with van der Waals surface area (Å²) in [4.78, 5) is 12.0. The third kappa shape index (κ3) is 3.66. The Hall–Kier alpha value is -1.76. The molecule has 1 aromatic rings. The highest BCUT2D eigenvalue weighted by Gasteiger charge is 2.25. The molecule has 1 aliphatic rings. The molecule has 116 valence electrons. The molecule has 0 amide bonds. The fourth-order valence-electron chi connectivity index (χ4n) is 2.78. The SMILES string of the molecule is CNCC1CCN(c2ccc([N+](=O)[O-])cc2C(F)F)CC1. The van der Waals surface area contributed by atoms with Gasteiger partial charge in [0.25, 0.3) is 12.1 Å². The second-order valence-corrected chi connectivity index (χ2v) is 5.29. The van der Waals surface area contributed by atoms with Crippen LogP contribution in [0.1, 0.15) is 24.8 Å². The number of nitro benzene ring substituents is 1. The normalized spacial score (nSPS) is 16.5. The summed E-state index contributed by atoms with van der Waals surface area (Å²) in [7, 11) is 1.90. The van der Waals surface area contributed by atoms with Gasteiger partial charge in [-0.1, -0.05) is 0 Å². The summed E-state index contributed by atoms with van der Waals surface area (Å²) in [6.45, 7) is 2.32. The molecule has 5 nitrogen and oxygen atoms in total. The molecular weight excluding hydrogens is 280 g/mol. The molecule has 0 aromatic heterocycles. The van der Waals surface area contributed by atoms with E-state index in [4.69, 9.17) is 0 Å². The van der Waals surface area contributed by atoms with Crippen molar-refractivity contribution in [1.82, 2.24) is 5.32 Å². The molecule has 0 saturated carbocycles. The van der Waals surface area contributed by atoms with Gasteiger partial charge in [-0.3, -0.25) is 10.1 Å². The average molecular weight is 299 g/mol. The highest BCUT2D eigenvalue weighted by atomic mass is 19.3. The van der Waals surface area contributed by atoms with Crippen molar-refractivity contribution in [3.63, 3.8) is 0 Å². The van der Waals surface area contributed by atoms with Gasteiger partial charge in [-0.15, -0.1) is 0 Å². The minimum atomic E-state index is -2.71. The molecule has 0 unspecified atom stereocenters. The maximum atomic E-state index is 13.2. The van der Waals surface area contributed by atoms with Crippen LogP contribution in [-0.4, -0.2) is 31.6 Å². The molecule has 2 rings (SSSR count). The van der Waals surface area contributed by atoms with Crippen molar-refractivity contribution in [1.29, 1.82) is 0 Å². The van der Waals surface area contributed by atoms with Gasteiger partial charge < -0.3 is 10.2 Å². The molecule has 0 bridgehead atoms. The Kier molecular flexibility index (Phi) is 5.06. The minimum Gasteiger partial charge on any atom is -0.371 e. The van der Waals surface area contributed by atoms with Crippen molar-refractivity contribution in [2.45, 2.75) is 19.3 Å². The van der Waals surface area contributed by atoms with E-state index >= 15 is 0 Å². The number of nitro groups is 1. The van der Waals surface area contributed by atoms with Crippen LogP contribution in [0.15, 0.2) is 18.2 Å². The molecule has 0 atom stereocenters. The summed E-state index contributed by atoms with van der Waals surface area (Å²) in [6.07, 6.45) is -0.851. The third-order valence-corrected chi connectivity index (χ3v) is 3.91. The fourth-order valence-corrected chi connectivity index (χ4v) is 2.78. The van der Waals surface area contributed by atoms with E-state index in [2.05, 4.69) is 5.32 Å². The van der Waals surface area contributed by atoms with Gasteiger partial charge in [0, 0.05) is 36.5 Å². The van der Waals surface area contributed by atoms with E-state index in [1.165, 1.54) is 12.1 Å². The third-order valence-electron chi connectivity index (χ3n) is 3.91. The van der Waals surface area contributed by atoms with Crippen LogP contribution in [-0.2, 0) is 0 Å². The number of rotatable bonds is 5. The zero-order chi connectivity index (χ0) is 15.4. The number of hydrogen-bond donors (Lipinski definition) is 1. The van der Waals surface area contributed by atoms with E-state index in [1.807, 2.05) is 11.9 Å². The number of nitrogens with zero attached hydrogens (tertiary/aromatic N) is 2. The number of benzene rings is 1. The molecule has 1 N–H and O–H groups in total. The lowest BCUT2D eigenvalue weighted by Crippen LogP contribution is -2.37. The molecule has 21 heavy (non-hydrogen) atoms. The Morgan fingerprint density at radius 3 is 2.62 bits per heavy atom. The number of piperidine rings is 1. The Bertz CT molecular complexity index is 503. The monoisotopic (exact) mass is 299 g/mol. The van der Waals surface area contributed by atoms with Crippen LogP contribution in [0.5, 0.6) is 0 Å². The number of hydrogen-bond acceptors (Lipinski definition) is 4. The number of halogens is 2. The second kappa shape index (κ2) is 6.80. The first-order valence-corrected chi connectivity index (χ1v) is 6.99. The zero-order valence-electron chi connectivity index (χ0n) is 11.9. The number of non-ortho nitro benzene ring substituents is 1. The van der Waals surface area contributed by atoms with Gasteiger partial charge in [-0.25, -0.2) is 8.78 Å². The maximum absolute atomic E-state index is 13.2.